The lowest BCUT2D eigenvalue weighted by Gasteiger charge is -2.17. The number of hydrogen-bond donors (Lipinski definition) is 0. The van der Waals surface area contributed by atoms with Gasteiger partial charge in [0.05, 0.1) is 12.2 Å². The third-order valence-electron chi connectivity index (χ3n) is 2.27. The molecule has 0 saturated heterocycles. The van der Waals surface area contributed by atoms with Crippen molar-refractivity contribution in [1.29, 1.82) is 5.26 Å². The van der Waals surface area contributed by atoms with Crippen LogP contribution in [-0.2, 0) is 6.54 Å². The van der Waals surface area contributed by atoms with Gasteiger partial charge in [-0.1, -0.05) is 6.07 Å². The minimum absolute atomic E-state index is 0.325. The molecule has 2 rings (SSSR count). The highest BCUT2D eigenvalue weighted by Gasteiger charge is 2.10. The topological polar surface area (TPSA) is 65.7 Å². The molecular formula is C12H11N5. The van der Waals surface area contributed by atoms with Crippen LogP contribution in [0.2, 0.25) is 0 Å². The average molecular weight is 225 g/mol. The monoisotopic (exact) mass is 225 g/mol. The van der Waals surface area contributed by atoms with E-state index in [4.69, 9.17) is 5.26 Å². The van der Waals surface area contributed by atoms with E-state index in [0.29, 0.717) is 18.1 Å². The summed E-state index contributed by atoms with van der Waals surface area (Å²) in [5, 5.41) is 8.94. The molecule has 0 N–H and O–H groups in total. The molecule has 0 amide bonds. The summed E-state index contributed by atoms with van der Waals surface area (Å²) in [5.74, 6) is 0.570. The van der Waals surface area contributed by atoms with Crippen molar-refractivity contribution >= 4 is 5.82 Å². The summed E-state index contributed by atoms with van der Waals surface area (Å²) >= 11 is 0. The van der Waals surface area contributed by atoms with Gasteiger partial charge in [-0.3, -0.25) is 4.98 Å². The number of hydrogen-bond acceptors (Lipinski definition) is 5. The third-order valence-corrected chi connectivity index (χ3v) is 2.27. The van der Waals surface area contributed by atoms with Crippen LogP contribution in [0.4, 0.5) is 5.82 Å². The summed E-state index contributed by atoms with van der Waals surface area (Å²) in [4.78, 5) is 14.2. The molecule has 0 fully saturated rings. The predicted octanol–water partition coefficient (Wildman–Crippen LogP) is 1.38. The number of nitrogens with zero attached hydrogens (tertiary/aromatic N) is 5. The van der Waals surface area contributed by atoms with Gasteiger partial charge in [0.25, 0.3) is 0 Å². The Hall–Kier alpha value is -2.48. The molecule has 0 unspecified atom stereocenters. The maximum absolute atomic E-state index is 8.94. The molecule has 0 aliphatic heterocycles. The second-order valence-corrected chi connectivity index (χ2v) is 3.52. The summed E-state index contributed by atoms with van der Waals surface area (Å²) in [7, 11) is 1.86. The van der Waals surface area contributed by atoms with Crippen LogP contribution in [0.25, 0.3) is 0 Å². The molecular weight excluding hydrogens is 214 g/mol. The average Bonchev–Trinajstić information content (AvgIpc) is 2.40. The first-order chi connectivity index (χ1) is 8.31. The Balaban J connectivity index is 2.21. The molecule has 5 nitrogen and oxygen atoms in total. The Morgan fingerprint density at radius 1 is 1.18 bits per heavy atom. The maximum atomic E-state index is 8.94. The normalized spacial score (nSPS) is 9.65. The highest BCUT2D eigenvalue weighted by molar-refractivity contribution is 5.48. The van der Waals surface area contributed by atoms with E-state index in [-0.39, 0.29) is 0 Å². The fraction of sp³-hybridized carbons (Fsp3) is 0.167. The molecule has 17 heavy (non-hydrogen) atoms. The van der Waals surface area contributed by atoms with E-state index in [1.165, 1.54) is 6.20 Å². The fourth-order valence-corrected chi connectivity index (χ4v) is 1.50. The summed E-state index contributed by atoms with van der Waals surface area (Å²) in [6, 6.07) is 7.75. The molecule has 84 valence electrons. The third kappa shape index (κ3) is 2.55. The Morgan fingerprint density at radius 3 is 2.71 bits per heavy atom. The van der Waals surface area contributed by atoms with Gasteiger partial charge in [0.2, 0.25) is 0 Å². The van der Waals surface area contributed by atoms with E-state index in [1.807, 2.05) is 36.2 Å². The highest BCUT2D eigenvalue weighted by atomic mass is 15.2. The number of rotatable bonds is 3. The molecule has 0 spiro atoms. The number of nitriles is 1. The first kappa shape index (κ1) is 11.0. The van der Waals surface area contributed by atoms with Gasteiger partial charge < -0.3 is 4.90 Å². The van der Waals surface area contributed by atoms with Crippen LogP contribution in [0.5, 0.6) is 0 Å². The lowest BCUT2D eigenvalue weighted by molar-refractivity contribution is 0.856. The molecule has 0 aromatic carbocycles. The van der Waals surface area contributed by atoms with E-state index in [9.17, 15) is 0 Å². The Morgan fingerprint density at radius 2 is 2.00 bits per heavy atom. The molecule has 5 heteroatoms. The molecule has 2 aromatic heterocycles. The van der Waals surface area contributed by atoms with Gasteiger partial charge in [0.15, 0.2) is 11.5 Å². The zero-order valence-corrected chi connectivity index (χ0v) is 9.41. The largest absolute Gasteiger partial charge is 0.351 e. The van der Waals surface area contributed by atoms with Crippen LogP contribution in [0.3, 0.4) is 0 Å². The minimum Gasteiger partial charge on any atom is -0.351 e. The van der Waals surface area contributed by atoms with Gasteiger partial charge in [0.1, 0.15) is 6.07 Å². The molecule has 0 saturated carbocycles. The van der Waals surface area contributed by atoms with E-state index in [1.54, 1.807) is 12.4 Å². The van der Waals surface area contributed by atoms with E-state index >= 15 is 0 Å². The molecule has 0 aliphatic carbocycles. The summed E-state index contributed by atoms with van der Waals surface area (Å²) in [6.07, 6.45) is 4.83. The van der Waals surface area contributed by atoms with E-state index in [0.717, 1.165) is 5.69 Å². The smallest absolute Gasteiger partial charge is 0.183 e. The SMILES string of the molecule is CN(Cc1ccccn1)c1nccnc1C#N. The van der Waals surface area contributed by atoms with Gasteiger partial charge in [-0.2, -0.15) is 5.26 Å². The molecule has 2 heterocycles. The molecule has 0 radical (unpaired) electrons. The Bertz CT molecular complexity index is 532. The molecule has 2 aromatic rings. The first-order valence-electron chi connectivity index (χ1n) is 5.13. The van der Waals surface area contributed by atoms with E-state index in [2.05, 4.69) is 15.0 Å². The first-order valence-corrected chi connectivity index (χ1v) is 5.13. The van der Waals surface area contributed by atoms with Crippen molar-refractivity contribution in [3.05, 3.63) is 48.2 Å². The Kier molecular flexibility index (Phi) is 3.26. The molecule has 0 aliphatic rings. The van der Waals surface area contributed by atoms with Gasteiger partial charge in [-0.05, 0) is 12.1 Å². The van der Waals surface area contributed by atoms with Crippen molar-refractivity contribution in [1.82, 2.24) is 15.0 Å². The lowest BCUT2D eigenvalue weighted by atomic mass is 10.3. The van der Waals surface area contributed by atoms with E-state index < -0.39 is 0 Å². The summed E-state index contributed by atoms with van der Waals surface area (Å²) < 4.78 is 0. The highest BCUT2D eigenvalue weighted by Crippen LogP contribution is 2.13. The number of pyridine rings is 1. The van der Waals surface area contributed by atoms with Gasteiger partial charge >= 0.3 is 0 Å². The van der Waals surface area contributed by atoms with Crippen LogP contribution in [0.15, 0.2) is 36.8 Å². The number of anilines is 1. The molecule has 0 atom stereocenters. The van der Waals surface area contributed by atoms with Crippen molar-refractivity contribution in [3.8, 4) is 6.07 Å². The summed E-state index contributed by atoms with van der Waals surface area (Å²) in [5.41, 5.74) is 1.25. The molecule has 0 bridgehead atoms. The van der Waals surface area contributed by atoms with Crippen LogP contribution in [0.1, 0.15) is 11.4 Å². The van der Waals surface area contributed by atoms with Crippen LogP contribution >= 0.6 is 0 Å². The van der Waals surface area contributed by atoms with Crippen molar-refractivity contribution in [3.63, 3.8) is 0 Å². The predicted molar refractivity (Wildman–Crippen MR) is 63.1 cm³/mol. The quantitative estimate of drug-likeness (QED) is 0.789. The van der Waals surface area contributed by atoms with Crippen LogP contribution in [-0.4, -0.2) is 22.0 Å². The van der Waals surface area contributed by atoms with Crippen LogP contribution < -0.4 is 4.90 Å². The lowest BCUT2D eigenvalue weighted by Crippen LogP contribution is -2.20. The van der Waals surface area contributed by atoms with Crippen molar-refractivity contribution < 1.29 is 0 Å². The second-order valence-electron chi connectivity index (χ2n) is 3.52. The summed E-state index contributed by atoms with van der Waals surface area (Å²) in [6.45, 7) is 0.591. The minimum atomic E-state index is 0.325. The second kappa shape index (κ2) is 5.03. The van der Waals surface area contributed by atoms with Crippen molar-refractivity contribution in [2.24, 2.45) is 0 Å². The van der Waals surface area contributed by atoms with Gasteiger partial charge in [0, 0.05) is 25.6 Å². The zero-order valence-electron chi connectivity index (χ0n) is 9.41. The van der Waals surface area contributed by atoms with Crippen molar-refractivity contribution in [2.45, 2.75) is 6.54 Å². The Labute approximate surface area is 99.4 Å². The van der Waals surface area contributed by atoms with Crippen LogP contribution in [0, 0.1) is 11.3 Å². The zero-order chi connectivity index (χ0) is 12.1. The standard InChI is InChI=1S/C12H11N5/c1-17(9-10-4-2-3-5-14-10)12-11(8-13)15-6-7-16-12/h2-7H,9H2,1H3. The number of aromatic nitrogens is 3. The van der Waals surface area contributed by atoms with Gasteiger partial charge in [-0.25, -0.2) is 9.97 Å². The fourth-order valence-electron chi connectivity index (χ4n) is 1.50. The van der Waals surface area contributed by atoms with Crippen molar-refractivity contribution in [2.75, 3.05) is 11.9 Å². The van der Waals surface area contributed by atoms with Gasteiger partial charge in [-0.15, -0.1) is 0 Å². The maximum Gasteiger partial charge on any atom is 0.183 e.